The van der Waals surface area contributed by atoms with Crippen LogP contribution in [0.15, 0.2) is 59.6 Å². The standard InChI is InChI=1S/C24H24ClNO6/c1-30-21(27)19(22(28)31-2)20(16-7-5-4-6-8-16)24(23(29)32-3)14-13-18(26-24)15-9-11-17(25)12-10-15/h4-12,19-20H,13-14H2,1-3H3/t20-,24-/m1/s1. The van der Waals surface area contributed by atoms with Gasteiger partial charge in [-0.15, -0.1) is 0 Å². The second-order valence-electron chi connectivity index (χ2n) is 7.39. The molecule has 2 atom stereocenters. The molecule has 0 fully saturated rings. The van der Waals surface area contributed by atoms with Crippen molar-refractivity contribution in [2.45, 2.75) is 24.3 Å². The minimum atomic E-state index is -1.53. The predicted molar refractivity (Wildman–Crippen MR) is 119 cm³/mol. The molecule has 0 saturated heterocycles. The molecule has 0 spiro atoms. The number of carbonyl (C=O) groups is 3. The Balaban J connectivity index is 2.24. The Kier molecular flexibility index (Phi) is 7.30. The van der Waals surface area contributed by atoms with Crippen molar-refractivity contribution >= 4 is 35.2 Å². The zero-order valence-corrected chi connectivity index (χ0v) is 18.8. The number of hydrogen-bond donors (Lipinski definition) is 0. The summed E-state index contributed by atoms with van der Waals surface area (Å²) in [7, 11) is 3.62. The first-order valence-corrected chi connectivity index (χ1v) is 10.4. The fraction of sp³-hybridized carbons (Fsp3) is 0.333. The second kappa shape index (κ2) is 9.96. The quantitative estimate of drug-likeness (QED) is 0.358. The molecule has 0 bridgehead atoms. The van der Waals surface area contributed by atoms with E-state index in [9.17, 15) is 14.4 Å². The summed E-state index contributed by atoms with van der Waals surface area (Å²) in [5.41, 5.74) is 0.485. The van der Waals surface area contributed by atoms with Crippen molar-refractivity contribution in [3.63, 3.8) is 0 Å². The first kappa shape index (κ1) is 23.5. The lowest BCUT2D eigenvalue weighted by Crippen LogP contribution is -2.49. The Morgan fingerprint density at radius 3 is 2.03 bits per heavy atom. The number of ether oxygens (including phenoxy) is 3. The van der Waals surface area contributed by atoms with Crippen LogP contribution in [0.4, 0.5) is 0 Å². The Bertz CT molecular complexity index is 1000. The average molecular weight is 458 g/mol. The topological polar surface area (TPSA) is 91.3 Å². The highest BCUT2D eigenvalue weighted by molar-refractivity contribution is 6.30. The number of halogens is 1. The van der Waals surface area contributed by atoms with Gasteiger partial charge in [0.05, 0.1) is 21.3 Å². The summed E-state index contributed by atoms with van der Waals surface area (Å²) in [6.45, 7) is 0. The molecule has 1 aliphatic rings. The first-order chi connectivity index (χ1) is 15.4. The molecular weight excluding hydrogens is 434 g/mol. The predicted octanol–water partition coefficient (Wildman–Crippen LogP) is 3.58. The van der Waals surface area contributed by atoms with Crippen LogP contribution in [0.2, 0.25) is 5.02 Å². The summed E-state index contributed by atoms with van der Waals surface area (Å²) in [4.78, 5) is 43.6. The molecule has 0 amide bonds. The van der Waals surface area contributed by atoms with Crippen molar-refractivity contribution in [1.29, 1.82) is 0 Å². The molecule has 168 valence electrons. The van der Waals surface area contributed by atoms with Crippen molar-refractivity contribution in [2.75, 3.05) is 21.3 Å². The van der Waals surface area contributed by atoms with Gasteiger partial charge in [-0.2, -0.15) is 0 Å². The molecule has 1 aliphatic heterocycles. The van der Waals surface area contributed by atoms with Gasteiger partial charge in [-0.25, -0.2) is 4.79 Å². The third kappa shape index (κ3) is 4.39. The smallest absolute Gasteiger partial charge is 0.334 e. The summed E-state index contributed by atoms with van der Waals surface area (Å²) in [5.74, 6) is -4.69. The summed E-state index contributed by atoms with van der Waals surface area (Å²) in [5, 5.41) is 0.574. The maximum atomic E-state index is 13.3. The molecule has 2 aromatic carbocycles. The van der Waals surface area contributed by atoms with E-state index in [2.05, 4.69) is 0 Å². The van der Waals surface area contributed by atoms with Crippen LogP contribution in [0.5, 0.6) is 0 Å². The largest absolute Gasteiger partial charge is 0.468 e. The van der Waals surface area contributed by atoms with Crippen molar-refractivity contribution in [1.82, 2.24) is 0 Å². The third-order valence-corrected chi connectivity index (χ3v) is 5.96. The van der Waals surface area contributed by atoms with Crippen molar-refractivity contribution in [3.05, 3.63) is 70.7 Å². The maximum absolute atomic E-state index is 13.3. The Morgan fingerprint density at radius 2 is 1.50 bits per heavy atom. The minimum absolute atomic E-state index is 0.238. The maximum Gasteiger partial charge on any atom is 0.334 e. The summed E-state index contributed by atoms with van der Waals surface area (Å²) in [6.07, 6.45) is 0.677. The van der Waals surface area contributed by atoms with Crippen LogP contribution in [0.25, 0.3) is 0 Å². The highest BCUT2D eigenvalue weighted by Gasteiger charge is 2.57. The van der Waals surface area contributed by atoms with Gasteiger partial charge in [0.15, 0.2) is 11.5 Å². The van der Waals surface area contributed by atoms with Crippen molar-refractivity contribution in [2.24, 2.45) is 10.9 Å². The monoisotopic (exact) mass is 457 g/mol. The van der Waals surface area contributed by atoms with Crippen LogP contribution in [0.3, 0.4) is 0 Å². The number of esters is 3. The van der Waals surface area contributed by atoms with Crippen LogP contribution in [-0.2, 0) is 28.6 Å². The van der Waals surface area contributed by atoms with E-state index in [-0.39, 0.29) is 6.42 Å². The van der Waals surface area contributed by atoms with Gasteiger partial charge in [0.2, 0.25) is 0 Å². The van der Waals surface area contributed by atoms with E-state index in [1.807, 2.05) is 12.1 Å². The van der Waals surface area contributed by atoms with E-state index in [0.29, 0.717) is 22.7 Å². The van der Waals surface area contributed by atoms with Gasteiger partial charge in [0, 0.05) is 16.7 Å². The molecule has 1 heterocycles. The van der Waals surface area contributed by atoms with E-state index in [1.54, 1.807) is 42.5 Å². The molecule has 7 nitrogen and oxygen atoms in total. The fourth-order valence-electron chi connectivity index (χ4n) is 4.22. The number of nitrogens with zero attached hydrogens (tertiary/aromatic N) is 1. The van der Waals surface area contributed by atoms with Crippen LogP contribution in [-0.4, -0.2) is 50.5 Å². The number of rotatable bonds is 7. The SMILES string of the molecule is COC(=O)C(C(=O)OC)[C@@H](c1ccccc1)[C@@]1(C(=O)OC)CCC(c2ccc(Cl)cc2)=N1. The first-order valence-electron chi connectivity index (χ1n) is 10.0. The van der Waals surface area contributed by atoms with Crippen LogP contribution in [0.1, 0.15) is 29.9 Å². The molecule has 0 saturated carbocycles. The number of carbonyl (C=O) groups excluding carboxylic acids is 3. The van der Waals surface area contributed by atoms with Gasteiger partial charge in [0.25, 0.3) is 0 Å². The van der Waals surface area contributed by atoms with Gasteiger partial charge in [-0.1, -0.05) is 54.1 Å². The molecule has 2 aromatic rings. The molecule has 0 aromatic heterocycles. The highest BCUT2D eigenvalue weighted by Crippen LogP contribution is 2.46. The van der Waals surface area contributed by atoms with Gasteiger partial charge in [-0.05, 0) is 36.1 Å². The molecule has 3 rings (SSSR count). The van der Waals surface area contributed by atoms with Crippen LogP contribution >= 0.6 is 11.6 Å². The minimum Gasteiger partial charge on any atom is -0.468 e. The Morgan fingerprint density at radius 1 is 0.906 bits per heavy atom. The van der Waals surface area contributed by atoms with Gasteiger partial charge in [-0.3, -0.25) is 14.6 Å². The normalized spacial score (nSPS) is 18.6. The molecule has 0 aliphatic carbocycles. The molecular formula is C24H24ClNO6. The lowest BCUT2D eigenvalue weighted by molar-refractivity contribution is -0.162. The van der Waals surface area contributed by atoms with Gasteiger partial charge >= 0.3 is 17.9 Å². The lowest BCUT2D eigenvalue weighted by Gasteiger charge is -2.35. The second-order valence-corrected chi connectivity index (χ2v) is 7.83. The van der Waals surface area contributed by atoms with Crippen LogP contribution < -0.4 is 0 Å². The third-order valence-electron chi connectivity index (χ3n) is 5.71. The Hall–Kier alpha value is -3.19. The van der Waals surface area contributed by atoms with Crippen molar-refractivity contribution < 1.29 is 28.6 Å². The number of benzene rings is 2. The molecule has 0 radical (unpaired) electrons. The van der Waals surface area contributed by atoms with E-state index >= 15 is 0 Å². The lowest BCUT2D eigenvalue weighted by atomic mass is 9.70. The van der Waals surface area contributed by atoms with Crippen molar-refractivity contribution in [3.8, 4) is 0 Å². The molecule has 32 heavy (non-hydrogen) atoms. The van der Waals surface area contributed by atoms with E-state index < -0.39 is 35.3 Å². The molecule has 0 unspecified atom stereocenters. The molecule has 0 N–H and O–H groups in total. The molecule has 8 heteroatoms. The van der Waals surface area contributed by atoms with E-state index in [1.165, 1.54) is 21.3 Å². The van der Waals surface area contributed by atoms with Gasteiger partial charge in [0.1, 0.15) is 0 Å². The average Bonchev–Trinajstić information content (AvgIpc) is 3.28. The van der Waals surface area contributed by atoms with Crippen LogP contribution in [0, 0.1) is 5.92 Å². The number of methoxy groups -OCH3 is 3. The van der Waals surface area contributed by atoms with E-state index in [0.717, 1.165) is 5.56 Å². The number of hydrogen-bond acceptors (Lipinski definition) is 7. The highest BCUT2D eigenvalue weighted by atomic mass is 35.5. The fourth-order valence-corrected chi connectivity index (χ4v) is 4.34. The Labute approximate surface area is 191 Å². The van der Waals surface area contributed by atoms with E-state index in [4.69, 9.17) is 30.8 Å². The zero-order chi connectivity index (χ0) is 23.3. The van der Waals surface area contributed by atoms with Gasteiger partial charge < -0.3 is 14.2 Å². The summed E-state index contributed by atoms with van der Waals surface area (Å²) >= 11 is 6.00. The summed E-state index contributed by atoms with van der Waals surface area (Å²) in [6, 6.07) is 15.9. The zero-order valence-electron chi connectivity index (χ0n) is 18.0. The summed E-state index contributed by atoms with van der Waals surface area (Å²) < 4.78 is 15.0. The number of aliphatic imine (C=N–C) groups is 1.